The molecule has 0 saturated heterocycles. The van der Waals surface area contributed by atoms with Crippen LogP contribution in [0.25, 0.3) is 0 Å². The molecule has 8 heteroatoms. The first-order chi connectivity index (χ1) is 11.8. The van der Waals surface area contributed by atoms with Crippen molar-refractivity contribution in [2.45, 2.75) is 14.3 Å². The molecule has 0 amide bonds. The predicted octanol–water partition coefficient (Wildman–Crippen LogP) is 0.982. The molecule has 134 valence electrons. The Morgan fingerprint density at radius 3 is 2.24 bits per heavy atom. The van der Waals surface area contributed by atoms with Crippen LogP contribution in [0.4, 0.5) is 13.2 Å². The number of hydrogen-bond donors (Lipinski definition) is 0. The minimum absolute atomic E-state index is 0.115. The van der Waals surface area contributed by atoms with E-state index in [0.717, 1.165) is 10.7 Å². The molecule has 2 rings (SSSR count). The minimum atomic E-state index is -4.52. The van der Waals surface area contributed by atoms with Gasteiger partial charge < -0.3 is 0 Å². The number of carbonyl (C=O) groups is 2. The van der Waals surface area contributed by atoms with Crippen molar-refractivity contribution in [3.8, 4) is 0 Å². The Bertz CT molecular complexity index is 750. The van der Waals surface area contributed by atoms with Gasteiger partial charge in [0.05, 0.1) is 0 Å². The van der Waals surface area contributed by atoms with Crippen LogP contribution in [0, 0.1) is 3.57 Å². The zero-order valence-corrected chi connectivity index (χ0v) is 15.9. The number of alkyl halides is 4. The third-order valence-corrected chi connectivity index (χ3v) is 6.93. The van der Waals surface area contributed by atoms with Gasteiger partial charge >= 0.3 is 157 Å². The van der Waals surface area contributed by atoms with Crippen LogP contribution in [0.3, 0.4) is 0 Å². The Morgan fingerprint density at radius 1 is 1.04 bits per heavy atom. The average molecular weight is 481 g/mol. The van der Waals surface area contributed by atoms with Crippen molar-refractivity contribution in [2.24, 2.45) is 0 Å². The number of methoxy groups -OCH3 is 1. The van der Waals surface area contributed by atoms with Gasteiger partial charge in [-0.3, -0.25) is 0 Å². The number of hydrogen-bond acceptors (Lipinski definition) is 4. The van der Waals surface area contributed by atoms with Crippen molar-refractivity contribution in [2.75, 3.05) is 7.11 Å². The van der Waals surface area contributed by atoms with Gasteiger partial charge in [0.2, 0.25) is 0 Å². The van der Waals surface area contributed by atoms with Crippen molar-refractivity contribution in [3.63, 3.8) is 0 Å². The van der Waals surface area contributed by atoms with Gasteiger partial charge in [-0.1, -0.05) is 0 Å². The summed E-state index contributed by atoms with van der Waals surface area (Å²) in [5.74, 6) is -1.37. The van der Waals surface area contributed by atoms with Crippen LogP contribution in [0.1, 0.15) is 10.4 Å². The summed E-state index contributed by atoms with van der Waals surface area (Å²) >= 11 is -1.48. The van der Waals surface area contributed by atoms with E-state index >= 15 is 0 Å². The van der Waals surface area contributed by atoms with E-state index < -0.39 is 42.4 Å². The van der Waals surface area contributed by atoms with E-state index in [1.54, 1.807) is 30.3 Å². The van der Waals surface area contributed by atoms with Crippen LogP contribution in [0.15, 0.2) is 59.5 Å². The monoisotopic (exact) mass is 481 g/mol. The van der Waals surface area contributed by atoms with Gasteiger partial charge in [-0.2, -0.15) is 0 Å². The van der Waals surface area contributed by atoms with Crippen molar-refractivity contribution in [1.82, 2.24) is 0 Å². The van der Waals surface area contributed by atoms with Crippen LogP contribution in [0.5, 0.6) is 0 Å². The predicted molar refractivity (Wildman–Crippen MR) is 83.6 cm³/mol. The zero-order chi connectivity index (χ0) is 18.4. The number of esters is 1. The first kappa shape index (κ1) is 19.8. The molecule has 3 nitrogen and oxygen atoms in total. The van der Waals surface area contributed by atoms with Gasteiger partial charge in [0, 0.05) is 0 Å². The van der Waals surface area contributed by atoms with E-state index in [-0.39, 0.29) is 22.2 Å². The Kier molecular flexibility index (Phi) is 6.88. The summed E-state index contributed by atoms with van der Waals surface area (Å²) in [5, 5.41) is 0. The van der Waals surface area contributed by atoms with E-state index in [1.807, 2.05) is 0 Å². The topological polar surface area (TPSA) is 43.4 Å². The molecule has 0 aliphatic carbocycles. The fraction of sp³-hybridized carbons (Fsp3) is 0.176. The second kappa shape index (κ2) is 8.70. The molecule has 1 unspecified atom stereocenters. The third-order valence-electron chi connectivity index (χ3n) is 2.98. The number of rotatable bonds is 6. The Labute approximate surface area is 157 Å². The number of carbonyl (C=O) groups excluding carboxylic acids is 2. The van der Waals surface area contributed by atoms with Gasteiger partial charge in [-0.25, -0.2) is 0 Å². The first-order valence-electron chi connectivity index (χ1n) is 6.97. The summed E-state index contributed by atoms with van der Waals surface area (Å²) in [7, 11) is 1.16. The van der Waals surface area contributed by atoms with Crippen molar-refractivity contribution < 1.29 is 48.7 Å². The normalized spacial score (nSPS) is 12.6. The van der Waals surface area contributed by atoms with E-state index in [1.165, 1.54) is 24.3 Å². The molecule has 0 bridgehead atoms. The zero-order valence-electron chi connectivity index (χ0n) is 12.9. The molecule has 1 atom stereocenters. The molecule has 0 fully saturated rings. The quantitative estimate of drug-likeness (QED) is 0.154. The second-order valence-corrected chi connectivity index (χ2v) is 8.92. The van der Waals surface area contributed by atoms with Gasteiger partial charge in [-0.05, 0) is 0 Å². The summed E-state index contributed by atoms with van der Waals surface area (Å²) < 4.78 is 42.6. The molecule has 0 spiro atoms. The van der Waals surface area contributed by atoms with E-state index in [4.69, 9.17) is 4.74 Å². The molecule has 0 heterocycles. The summed E-state index contributed by atoms with van der Waals surface area (Å²) in [6, 6.07) is 14.4. The number of ether oxygens (including phenoxy) is 1. The van der Waals surface area contributed by atoms with Crippen LogP contribution >= 0.6 is 11.8 Å². The number of ketones is 1. The molecular weight excluding hydrogens is 468 g/mol. The van der Waals surface area contributed by atoms with E-state index in [9.17, 15) is 22.8 Å². The van der Waals surface area contributed by atoms with Crippen LogP contribution < -0.4 is 21.2 Å². The summed E-state index contributed by atoms with van der Waals surface area (Å²) in [6.45, 7) is 0. The molecule has 0 radical (unpaired) electrons. The molecule has 25 heavy (non-hydrogen) atoms. The molecule has 2 aromatic rings. The first-order valence-corrected chi connectivity index (χ1v) is 10.1. The van der Waals surface area contributed by atoms with Crippen molar-refractivity contribution >= 4 is 23.5 Å². The van der Waals surface area contributed by atoms with Crippen LogP contribution in [-0.4, -0.2) is 28.3 Å². The SMILES string of the molecule is COC(=O)C([I-]c1ccccc1)C(=O)c1ccccc1SC(F)(F)F. The summed E-state index contributed by atoms with van der Waals surface area (Å²) in [6.07, 6.45) is 0. The van der Waals surface area contributed by atoms with E-state index in [0.29, 0.717) is 0 Å². The molecule has 0 aromatic heterocycles. The van der Waals surface area contributed by atoms with Crippen LogP contribution in [-0.2, 0) is 9.53 Å². The molecule has 2 aromatic carbocycles. The standard InChI is InChI=1S/C17H13F3IO3S/c1-24-16(23)14(21-11-7-3-2-4-8-11)15(22)12-9-5-6-10-13(12)25-17(18,19)20/h2-10,14H,1H3/q-1. The maximum absolute atomic E-state index is 12.8. The van der Waals surface area contributed by atoms with Gasteiger partial charge in [0.25, 0.3) is 0 Å². The summed E-state index contributed by atoms with van der Waals surface area (Å²) in [5.41, 5.74) is -4.64. The Balaban J connectivity index is 2.35. The fourth-order valence-corrected chi connectivity index (χ4v) is 5.29. The number of Topliss-reactive ketones (excluding diaryl/α,β-unsaturated/α-hetero) is 1. The van der Waals surface area contributed by atoms with Gasteiger partial charge in [-0.15, -0.1) is 0 Å². The Hall–Kier alpha value is -1.55. The van der Waals surface area contributed by atoms with E-state index in [2.05, 4.69) is 0 Å². The average Bonchev–Trinajstić information content (AvgIpc) is 2.58. The van der Waals surface area contributed by atoms with Crippen molar-refractivity contribution in [1.29, 1.82) is 0 Å². The summed E-state index contributed by atoms with van der Waals surface area (Å²) in [4.78, 5) is 24.7. The number of benzene rings is 2. The number of halogens is 4. The van der Waals surface area contributed by atoms with Crippen LogP contribution in [0.2, 0.25) is 0 Å². The third kappa shape index (κ3) is 5.74. The van der Waals surface area contributed by atoms with Crippen molar-refractivity contribution in [3.05, 3.63) is 63.7 Å². The fourth-order valence-electron chi connectivity index (χ4n) is 1.94. The maximum atomic E-state index is 12.8. The second-order valence-electron chi connectivity index (χ2n) is 4.70. The van der Waals surface area contributed by atoms with Gasteiger partial charge in [0.15, 0.2) is 0 Å². The Morgan fingerprint density at radius 2 is 1.64 bits per heavy atom. The number of thioether (sulfide) groups is 1. The molecule has 0 saturated carbocycles. The molecule has 0 aliphatic heterocycles. The molecular formula is C17H13F3IO3S-. The molecule has 0 aliphatic rings. The molecule has 0 N–H and O–H groups in total. The van der Waals surface area contributed by atoms with Gasteiger partial charge in [0.1, 0.15) is 0 Å².